The number of nitrogens with zero attached hydrogens (tertiary/aromatic N) is 3. The number of aromatic nitrogens is 1. The number of carbonyl (C=O) groups excluding carboxylic acids is 1. The van der Waals surface area contributed by atoms with Crippen LogP contribution in [0.2, 0.25) is 0 Å². The summed E-state index contributed by atoms with van der Waals surface area (Å²) in [6.45, 7) is 8.52. The van der Waals surface area contributed by atoms with Crippen LogP contribution in [0.25, 0.3) is 11.1 Å². The summed E-state index contributed by atoms with van der Waals surface area (Å²) in [5.74, 6) is 0.219. The molecule has 1 aromatic heterocycles. The molecule has 5 rings (SSSR count). The Balaban J connectivity index is 1.25. The van der Waals surface area contributed by atoms with Gasteiger partial charge in [0.1, 0.15) is 23.4 Å². The number of rotatable bonds is 6. The van der Waals surface area contributed by atoms with Crippen molar-refractivity contribution in [2.45, 2.75) is 45.0 Å². The van der Waals surface area contributed by atoms with Crippen molar-refractivity contribution in [1.29, 1.82) is 0 Å². The van der Waals surface area contributed by atoms with E-state index in [4.69, 9.17) is 4.74 Å². The summed E-state index contributed by atoms with van der Waals surface area (Å²) < 4.78 is 19.1. The first-order valence-electron chi connectivity index (χ1n) is 12.7. The predicted octanol–water partition coefficient (Wildman–Crippen LogP) is 4.36. The number of benzene rings is 2. The van der Waals surface area contributed by atoms with Crippen LogP contribution in [0.3, 0.4) is 0 Å². The second-order valence-electron chi connectivity index (χ2n) is 9.99. The highest BCUT2D eigenvalue weighted by Crippen LogP contribution is 2.26. The van der Waals surface area contributed by atoms with Gasteiger partial charge in [0, 0.05) is 56.4 Å². The average Bonchev–Trinajstić information content (AvgIpc) is 3.33. The third-order valence-corrected chi connectivity index (χ3v) is 6.86. The Bertz CT molecular complexity index is 1170. The molecule has 0 bridgehead atoms. The van der Waals surface area contributed by atoms with E-state index in [1.807, 2.05) is 12.1 Å². The van der Waals surface area contributed by atoms with Gasteiger partial charge in [-0.15, -0.1) is 0 Å². The molecule has 2 saturated heterocycles. The van der Waals surface area contributed by atoms with Gasteiger partial charge < -0.3 is 15.0 Å². The van der Waals surface area contributed by atoms with Crippen LogP contribution in [0, 0.1) is 5.82 Å². The molecular weight excluding hydrogens is 455 g/mol. The molecule has 2 aliphatic heterocycles. The van der Waals surface area contributed by atoms with Crippen LogP contribution >= 0.6 is 0 Å². The Labute approximate surface area is 212 Å². The summed E-state index contributed by atoms with van der Waals surface area (Å²) in [4.78, 5) is 22.2. The fourth-order valence-corrected chi connectivity index (χ4v) is 5.29. The largest absolute Gasteiger partial charge is 0.489 e. The first-order chi connectivity index (χ1) is 17.4. The van der Waals surface area contributed by atoms with E-state index in [-0.39, 0.29) is 17.8 Å². The molecule has 2 aromatic carbocycles. The minimum Gasteiger partial charge on any atom is -0.489 e. The van der Waals surface area contributed by atoms with E-state index in [2.05, 4.69) is 53.3 Å². The smallest absolute Gasteiger partial charge is 0.273 e. The van der Waals surface area contributed by atoms with Crippen molar-refractivity contribution in [1.82, 2.24) is 20.1 Å². The maximum absolute atomic E-state index is 13.4. The molecule has 2 fully saturated rings. The van der Waals surface area contributed by atoms with Crippen molar-refractivity contribution in [2.75, 3.05) is 26.2 Å². The Morgan fingerprint density at radius 3 is 2.47 bits per heavy atom. The van der Waals surface area contributed by atoms with E-state index in [0.717, 1.165) is 37.2 Å². The summed E-state index contributed by atoms with van der Waals surface area (Å²) in [7, 11) is 0. The molecule has 0 saturated carbocycles. The van der Waals surface area contributed by atoms with Crippen LogP contribution in [0.15, 0.2) is 66.9 Å². The molecule has 0 spiro atoms. The molecule has 3 aromatic rings. The topological polar surface area (TPSA) is 57.7 Å². The van der Waals surface area contributed by atoms with Gasteiger partial charge in [0.2, 0.25) is 0 Å². The zero-order valence-corrected chi connectivity index (χ0v) is 20.9. The standard InChI is InChI=1S/C29H33FN4O2/c1-20-16-33(17-21(2)32-20)18-22-5-7-23(8-6-22)27-4-3-14-31-28(27)29(35)34-15-13-26(19-34)36-25-11-9-24(30)10-12-25/h3-12,14,20-21,26,32H,13,15-19H2,1-2H3/t20-,21+,26-/m1/s1. The monoisotopic (exact) mass is 488 g/mol. The molecule has 1 amide bonds. The van der Waals surface area contributed by atoms with Crippen molar-refractivity contribution in [3.05, 3.63) is 83.9 Å². The van der Waals surface area contributed by atoms with Gasteiger partial charge in [0.05, 0.1) is 6.54 Å². The van der Waals surface area contributed by atoms with Gasteiger partial charge in [-0.3, -0.25) is 14.7 Å². The number of likely N-dealkylation sites (tertiary alicyclic amines) is 1. The predicted molar refractivity (Wildman–Crippen MR) is 138 cm³/mol. The van der Waals surface area contributed by atoms with Crippen molar-refractivity contribution < 1.29 is 13.9 Å². The molecule has 0 unspecified atom stereocenters. The molecule has 2 aliphatic rings. The van der Waals surface area contributed by atoms with Crippen molar-refractivity contribution in [2.24, 2.45) is 0 Å². The number of ether oxygens (including phenoxy) is 1. The van der Waals surface area contributed by atoms with E-state index in [9.17, 15) is 9.18 Å². The highest BCUT2D eigenvalue weighted by Gasteiger charge is 2.30. The van der Waals surface area contributed by atoms with Gasteiger partial charge in [-0.2, -0.15) is 0 Å². The first-order valence-corrected chi connectivity index (χ1v) is 12.7. The molecule has 3 atom stereocenters. The van der Waals surface area contributed by atoms with Gasteiger partial charge in [0.25, 0.3) is 5.91 Å². The van der Waals surface area contributed by atoms with E-state index in [1.54, 1.807) is 23.2 Å². The highest BCUT2D eigenvalue weighted by molar-refractivity contribution is 5.99. The van der Waals surface area contributed by atoms with Gasteiger partial charge in [-0.05, 0) is 55.3 Å². The Hall–Kier alpha value is -3.29. The van der Waals surface area contributed by atoms with E-state index >= 15 is 0 Å². The molecule has 1 N–H and O–H groups in total. The number of hydrogen-bond acceptors (Lipinski definition) is 5. The molecule has 7 heteroatoms. The molecule has 36 heavy (non-hydrogen) atoms. The number of nitrogens with one attached hydrogen (secondary N) is 1. The van der Waals surface area contributed by atoms with Gasteiger partial charge in [-0.1, -0.05) is 30.3 Å². The summed E-state index contributed by atoms with van der Waals surface area (Å²) in [6, 6.07) is 19.3. The minimum atomic E-state index is -0.297. The SMILES string of the molecule is C[C@@H]1CN(Cc2ccc(-c3cccnc3C(=O)N3CC[C@@H](Oc4ccc(F)cc4)C3)cc2)C[C@H](C)N1. The molecule has 188 valence electrons. The van der Waals surface area contributed by atoms with Crippen molar-refractivity contribution in [3.8, 4) is 16.9 Å². The van der Waals surface area contributed by atoms with Crippen LogP contribution in [0.5, 0.6) is 5.75 Å². The highest BCUT2D eigenvalue weighted by atomic mass is 19.1. The van der Waals surface area contributed by atoms with Crippen LogP contribution < -0.4 is 10.1 Å². The summed E-state index contributed by atoms with van der Waals surface area (Å²) >= 11 is 0. The third-order valence-electron chi connectivity index (χ3n) is 6.86. The van der Waals surface area contributed by atoms with E-state index in [1.165, 1.54) is 17.7 Å². The fourth-order valence-electron chi connectivity index (χ4n) is 5.29. The molecule has 0 radical (unpaired) electrons. The number of amides is 1. The summed E-state index contributed by atoms with van der Waals surface area (Å²) in [6.07, 6.45) is 2.27. The number of pyridine rings is 1. The number of halogens is 1. The summed E-state index contributed by atoms with van der Waals surface area (Å²) in [5, 5.41) is 3.58. The van der Waals surface area contributed by atoms with Gasteiger partial charge in [-0.25, -0.2) is 4.39 Å². The van der Waals surface area contributed by atoms with Crippen molar-refractivity contribution >= 4 is 5.91 Å². The van der Waals surface area contributed by atoms with Gasteiger partial charge >= 0.3 is 0 Å². The average molecular weight is 489 g/mol. The quantitative estimate of drug-likeness (QED) is 0.559. The van der Waals surface area contributed by atoms with Crippen LogP contribution in [-0.2, 0) is 6.54 Å². The lowest BCUT2D eigenvalue weighted by Gasteiger charge is -2.36. The maximum Gasteiger partial charge on any atom is 0.273 e. The van der Waals surface area contributed by atoms with Gasteiger partial charge in [0.15, 0.2) is 0 Å². The molecule has 6 nitrogen and oxygen atoms in total. The van der Waals surface area contributed by atoms with Crippen LogP contribution in [0.1, 0.15) is 36.3 Å². The number of piperazine rings is 1. The molecule has 0 aliphatic carbocycles. The molecule has 3 heterocycles. The lowest BCUT2D eigenvalue weighted by Crippen LogP contribution is -2.53. The summed E-state index contributed by atoms with van der Waals surface area (Å²) in [5.41, 5.74) is 3.53. The lowest BCUT2D eigenvalue weighted by molar-refractivity contribution is 0.0767. The van der Waals surface area contributed by atoms with Crippen molar-refractivity contribution in [3.63, 3.8) is 0 Å². The molecular formula is C29H33FN4O2. The fraction of sp³-hybridized carbons (Fsp3) is 0.379. The number of carbonyl (C=O) groups is 1. The number of hydrogen-bond donors (Lipinski definition) is 1. The third kappa shape index (κ3) is 5.74. The lowest BCUT2D eigenvalue weighted by atomic mass is 10.0. The van der Waals surface area contributed by atoms with Crippen LogP contribution in [-0.4, -0.2) is 65.1 Å². The maximum atomic E-state index is 13.4. The zero-order chi connectivity index (χ0) is 25.1. The Kier molecular flexibility index (Phi) is 7.30. The van der Waals surface area contributed by atoms with E-state index < -0.39 is 0 Å². The zero-order valence-electron chi connectivity index (χ0n) is 20.9. The second-order valence-corrected chi connectivity index (χ2v) is 9.99. The Morgan fingerprint density at radius 1 is 1.03 bits per heavy atom. The Morgan fingerprint density at radius 2 is 1.75 bits per heavy atom. The second kappa shape index (κ2) is 10.8. The van der Waals surface area contributed by atoms with E-state index in [0.29, 0.717) is 36.6 Å². The normalized spacial score (nSPS) is 22.5. The first kappa shape index (κ1) is 24.4. The van der Waals surface area contributed by atoms with Crippen LogP contribution in [0.4, 0.5) is 4.39 Å². The minimum absolute atomic E-state index is 0.0938.